The molecule has 2 amide bonds. The molecule has 2 aromatic carbocycles. The summed E-state index contributed by atoms with van der Waals surface area (Å²) < 4.78 is 7.47. The summed E-state index contributed by atoms with van der Waals surface area (Å²) in [4.78, 5) is 41.1. The van der Waals surface area contributed by atoms with Gasteiger partial charge in [-0.2, -0.15) is 0 Å². The van der Waals surface area contributed by atoms with E-state index in [0.717, 1.165) is 103 Å². The number of rotatable bonds is 8. The van der Waals surface area contributed by atoms with Crippen molar-refractivity contribution in [3.05, 3.63) is 79.2 Å². The van der Waals surface area contributed by atoms with Gasteiger partial charge in [0.1, 0.15) is 11.8 Å². The van der Waals surface area contributed by atoms with Crippen LogP contribution in [-0.2, 0) is 23.2 Å². The molecule has 11 heteroatoms. The first-order valence-electron chi connectivity index (χ1n) is 16.9. The fourth-order valence-electron chi connectivity index (χ4n) is 7.59. The van der Waals surface area contributed by atoms with E-state index in [9.17, 15) is 14.4 Å². The van der Waals surface area contributed by atoms with Crippen molar-refractivity contribution in [2.75, 3.05) is 38.6 Å². The maximum Gasteiger partial charge on any atom is 0.253 e. The first-order valence-corrected chi connectivity index (χ1v) is 17.7. The highest BCUT2D eigenvalue weighted by Crippen LogP contribution is 2.38. The van der Waals surface area contributed by atoms with Gasteiger partial charge in [-0.25, -0.2) is 0 Å². The number of benzene rings is 2. The molecule has 0 bridgehead atoms. The first kappa shape index (κ1) is 34.5. The molecule has 2 N–H and O–H groups in total. The third-order valence-corrected chi connectivity index (χ3v) is 11.3. The summed E-state index contributed by atoms with van der Waals surface area (Å²) in [6.45, 7) is 8.66. The third-order valence-electron chi connectivity index (χ3n) is 10.6. The highest BCUT2D eigenvalue weighted by Gasteiger charge is 2.31. The van der Waals surface area contributed by atoms with Gasteiger partial charge >= 0.3 is 0 Å². The Morgan fingerprint density at radius 2 is 1.65 bits per heavy atom. The van der Waals surface area contributed by atoms with Crippen molar-refractivity contribution >= 4 is 40.7 Å². The molecule has 0 spiro atoms. The Balaban J connectivity index is 1.02. The molecule has 3 aromatic rings. The number of halogens is 2. The third kappa shape index (κ3) is 7.30. The van der Waals surface area contributed by atoms with E-state index < -0.39 is 6.04 Å². The Kier molecular flexibility index (Phi) is 10.5. The summed E-state index contributed by atoms with van der Waals surface area (Å²) in [7, 11) is 3.46. The largest absolute Gasteiger partial charge is 0.496 e. The zero-order valence-electron chi connectivity index (χ0n) is 28.2. The monoisotopic (exact) mass is 693 g/mol. The van der Waals surface area contributed by atoms with Crippen molar-refractivity contribution in [3.8, 4) is 16.9 Å². The van der Waals surface area contributed by atoms with Gasteiger partial charge in [-0.05, 0) is 119 Å². The molecule has 3 aliphatic rings. The average Bonchev–Trinajstić information content (AvgIpc) is 3.08. The number of likely N-dealkylation sites (tertiary alicyclic amines) is 2. The molecule has 3 fully saturated rings. The molecule has 0 saturated carbocycles. The molecule has 9 nitrogen and oxygen atoms in total. The molecule has 3 aliphatic heterocycles. The summed E-state index contributed by atoms with van der Waals surface area (Å²) in [6.07, 6.45) is 7.04. The topological polar surface area (TPSA) is 95.9 Å². The van der Waals surface area contributed by atoms with Crippen LogP contribution in [-0.4, -0.2) is 71.6 Å². The van der Waals surface area contributed by atoms with Crippen molar-refractivity contribution in [2.24, 2.45) is 7.05 Å². The molecule has 0 radical (unpaired) electrons. The minimum absolute atomic E-state index is 0.0102. The van der Waals surface area contributed by atoms with Crippen LogP contribution in [0.5, 0.6) is 5.75 Å². The van der Waals surface area contributed by atoms with Gasteiger partial charge in [0.2, 0.25) is 11.8 Å². The summed E-state index contributed by atoms with van der Waals surface area (Å²) in [5.41, 5.74) is 6.58. The molecule has 1 aromatic heterocycles. The van der Waals surface area contributed by atoms with Gasteiger partial charge in [-0.15, -0.1) is 0 Å². The van der Waals surface area contributed by atoms with Gasteiger partial charge in [-0.3, -0.25) is 24.6 Å². The SMILES string of the molecule is COc1cc(-c2cn(C)c(=O)c(C)c2C)cc(Cl)c1CN1CCC(N2CCC(c3ccc(NC4CCC(=O)NC4=O)cc3Cl)CC2)CC1. The Morgan fingerprint density at radius 3 is 2.31 bits per heavy atom. The van der Waals surface area contributed by atoms with Crippen LogP contribution in [0.4, 0.5) is 5.69 Å². The average molecular weight is 695 g/mol. The highest BCUT2D eigenvalue weighted by molar-refractivity contribution is 6.32. The number of nitrogens with zero attached hydrogens (tertiary/aromatic N) is 3. The molecular formula is C37H45Cl2N5O4. The van der Waals surface area contributed by atoms with Gasteiger partial charge in [0.05, 0.1) is 7.11 Å². The number of carbonyl (C=O) groups excluding carboxylic acids is 2. The fourth-order valence-corrected chi connectivity index (χ4v) is 8.20. The number of piperidine rings is 3. The quantitative estimate of drug-likeness (QED) is 0.278. The fraction of sp³-hybridized carbons (Fsp3) is 0.486. The lowest BCUT2D eigenvalue weighted by atomic mass is 9.87. The number of pyridine rings is 1. The lowest BCUT2D eigenvalue weighted by molar-refractivity contribution is -0.133. The Hall–Kier alpha value is -3.37. The van der Waals surface area contributed by atoms with Gasteiger partial charge in [-0.1, -0.05) is 29.3 Å². The second-order valence-electron chi connectivity index (χ2n) is 13.5. The van der Waals surface area contributed by atoms with Crippen molar-refractivity contribution in [3.63, 3.8) is 0 Å². The molecule has 1 unspecified atom stereocenters. The maximum atomic E-state index is 12.4. The molecule has 3 saturated heterocycles. The second-order valence-corrected chi connectivity index (χ2v) is 14.4. The first-order chi connectivity index (χ1) is 23.0. The van der Waals surface area contributed by atoms with Crippen LogP contribution in [0.2, 0.25) is 10.0 Å². The van der Waals surface area contributed by atoms with E-state index in [1.165, 1.54) is 5.56 Å². The smallest absolute Gasteiger partial charge is 0.253 e. The Labute approximate surface area is 292 Å². The van der Waals surface area contributed by atoms with E-state index in [1.807, 2.05) is 44.3 Å². The minimum Gasteiger partial charge on any atom is -0.496 e. The Bertz CT molecular complexity index is 1760. The van der Waals surface area contributed by atoms with Crippen LogP contribution in [0.1, 0.15) is 66.7 Å². The number of ether oxygens (including phenoxy) is 1. The van der Waals surface area contributed by atoms with E-state index in [-0.39, 0.29) is 17.4 Å². The molecule has 48 heavy (non-hydrogen) atoms. The van der Waals surface area contributed by atoms with Crippen LogP contribution in [0.3, 0.4) is 0 Å². The van der Waals surface area contributed by atoms with Gasteiger partial charge in [0.15, 0.2) is 0 Å². The summed E-state index contributed by atoms with van der Waals surface area (Å²) in [5, 5.41) is 7.02. The number of imide groups is 1. The van der Waals surface area contributed by atoms with E-state index in [0.29, 0.717) is 29.8 Å². The van der Waals surface area contributed by atoms with Crippen LogP contribution in [0.25, 0.3) is 11.1 Å². The number of aryl methyl sites for hydroxylation is 1. The molecule has 0 aliphatic carbocycles. The van der Waals surface area contributed by atoms with Crippen LogP contribution in [0, 0.1) is 13.8 Å². The number of hydrogen-bond acceptors (Lipinski definition) is 7. The molecule has 4 heterocycles. The minimum atomic E-state index is -0.425. The van der Waals surface area contributed by atoms with Crippen LogP contribution in [0.15, 0.2) is 41.3 Å². The number of methoxy groups -OCH3 is 1. The Morgan fingerprint density at radius 1 is 0.917 bits per heavy atom. The summed E-state index contributed by atoms with van der Waals surface area (Å²) in [6, 6.07) is 10.2. The van der Waals surface area contributed by atoms with E-state index in [4.69, 9.17) is 27.9 Å². The number of carbonyl (C=O) groups is 2. The molecule has 6 rings (SSSR count). The predicted octanol–water partition coefficient (Wildman–Crippen LogP) is 6.05. The van der Waals surface area contributed by atoms with Crippen molar-refractivity contribution < 1.29 is 14.3 Å². The van der Waals surface area contributed by atoms with Gasteiger partial charge < -0.3 is 19.5 Å². The lowest BCUT2D eigenvalue weighted by Crippen LogP contribution is -2.47. The second kappa shape index (κ2) is 14.6. The van der Waals surface area contributed by atoms with Gasteiger partial charge in [0, 0.05) is 64.7 Å². The van der Waals surface area contributed by atoms with E-state index in [1.54, 1.807) is 18.7 Å². The highest BCUT2D eigenvalue weighted by atomic mass is 35.5. The summed E-state index contributed by atoms with van der Waals surface area (Å²) >= 11 is 13.7. The zero-order chi connectivity index (χ0) is 34.1. The van der Waals surface area contributed by atoms with Crippen LogP contribution < -0.4 is 20.9 Å². The molecule has 256 valence electrons. The van der Waals surface area contributed by atoms with Gasteiger partial charge in [0.25, 0.3) is 5.56 Å². The zero-order valence-corrected chi connectivity index (χ0v) is 29.7. The molecular weight excluding hydrogens is 649 g/mol. The van der Waals surface area contributed by atoms with E-state index in [2.05, 4.69) is 26.5 Å². The number of nitrogens with one attached hydrogen (secondary N) is 2. The van der Waals surface area contributed by atoms with Crippen molar-refractivity contribution in [1.82, 2.24) is 19.7 Å². The lowest BCUT2D eigenvalue weighted by Gasteiger charge is -2.42. The predicted molar refractivity (Wildman–Crippen MR) is 191 cm³/mol. The number of amides is 2. The molecule has 1 atom stereocenters. The van der Waals surface area contributed by atoms with Crippen molar-refractivity contribution in [1.29, 1.82) is 0 Å². The van der Waals surface area contributed by atoms with Crippen molar-refractivity contribution in [2.45, 2.75) is 76.9 Å². The number of hydrogen-bond donors (Lipinski definition) is 2. The summed E-state index contributed by atoms with van der Waals surface area (Å²) in [5.74, 6) is 0.670. The van der Waals surface area contributed by atoms with E-state index >= 15 is 0 Å². The number of anilines is 1. The maximum absolute atomic E-state index is 12.4. The standard InChI is InChI=1S/C37H45Cl2N5O4/c1-22-23(2)37(47)42(3)20-29(22)25-17-31(38)30(34(18-25)48-4)21-43-13-11-27(12-14-43)44-15-9-24(10-16-44)28-6-5-26(19-32(28)39)40-33-7-8-35(45)41-36(33)46/h5-6,17-20,24,27,33,40H,7-16,21H2,1-4H3,(H,41,45,46). The van der Waals surface area contributed by atoms with Crippen LogP contribution >= 0.6 is 23.2 Å². The normalized spacial score (nSPS) is 20.2. The number of aromatic nitrogens is 1.